The van der Waals surface area contributed by atoms with Gasteiger partial charge in [-0.3, -0.25) is 20.2 Å². The monoisotopic (exact) mass is 680 g/mol. The number of aromatic nitrogens is 8. The lowest BCUT2D eigenvalue weighted by Gasteiger charge is -2.18. The van der Waals surface area contributed by atoms with E-state index in [1.165, 1.54) is 34.7 Å². The number of H-pyrrole nitrogens is 1. The molecule has 0 unspecified atom stereocenters. The molecule has 4 aromatic rings. The van der Waals surface area contributed by atoms with Gasteiger partial charge in [-0.25, -0.2) is 14.7 Å². The van der Waals surface area contributed by atoms with Gasteiger partial charge in [-0.15, -0.1) is 0 Å². The van der Waals surface area contributed by atoms with Gasteiger partial charge in [0, 0.05) is 31.3 Å². The summed E-state index contributed by atoms with van der Waals surface area (Å²) in [7, 11) is 1.23. The molecule has 47 heavy (non-hydrogen) atoms. The van der Waals surface area contributed by atoms with E-state index in [0.717, 1.165) is 16.8 Å². The van der Waals surface area contributed by atoms with Crippen molar-refractivity contribution in [1.82, 2.24) is 40.0 Å². The van der Waals surface area contributed by atoms with E-state index in [4.69, 9.17) is 9.47 Å². The number of hydrogen-bond acceptors (Lipinski definition) is 12. The van der Waals surface area contributed by atoms with Gasteiger partial charge in [-0.05, 0) is 48.5 Å². The number of halogens is 6. The van der Waals surface area contributed by atoms with Gasteiger partial charge in [0.15, 0.2) is 11.5 Å². The van der Waals surface area contributed by atoms with Gasteiger partial charge in [0.2, 0.25) is 0 Å². The van der Waals surface area contributed by atoms with E-state index in [1.807, 2.05) is 5.10 Å². The van der Waals surface area contributed by atoms with E-state index < -0.39 is 91.2 Å². The Morgan fingerprint density at radius 2 is 1.17 bits per heavy atom. The molecule has 0 aliphatic heterocycles. The number of ether oxygens (including phenoxy) is 2. The highest BCUT2D eigenvalue weighted by Gasteiger charge is 2.40. The largest absolute Gasteiger partial charge is 0.488 e. The Morgan fingerprint density at radius 3 is 1.47 bits per heavy atom. The molecule has 0 atom stereocenters. The number of tetrazole rings is 2. The Balaban J connectivity index is 0.000000256. The number of non-ortho nitro benzene ring substituents is 2. The van der Waals surface area contributed by atoms with Crippen LogP contribution in [-0.2, 0) is 19.4 Å². The zero-order valence-corrected chi connectivity index (χ0v) is 24.5. The highest BCUT2D eigenvalue weighted by molar-refractivity contribution is 5.60. The molecule has 24 heteroatoms. The number of rotatable bonds is 8. The molecule has 0 fully saturated rings. The second-order valence-electron chi connectivity index (χ2n) is 9.74. The molecular formula is C23H22F6N10O8. The number of benzene rings is 2. The molecule has 0 aliphatic carbocycles. The maximum Gasteiger partial charge on any atom is 0.420 e. The molecule has 0 saturated heterocycles. The van der Waals surface area contributed by atoms with Crippen LogP contribution in [0.3, 0.4) is 0 Å². The van der Waals surface area contributed by atoms with Crippen molar-refractivity contribution in [3.05, 3.63) is 76.6 Å². The Hall–Kier alpha value is -5.84. The summed E-state index contributed by atoms with van der Waals surface area (Å²) in [6.45, 7) is 5.89. The average molecular weight is 680 g/mol. The fourth-order valence-corrected chi connectivity index (χ4v) is 3.68. The lowest BCUT2D eigenvalue weighted by atomic mass is 10.1. The van der Waals surface area contributed by atoms with Gasteiger partial charge in [0.05, 0.1) is 22.1 Å². The second kappa shape index (κ2) is 13.3. The standard InChI is InChI=1S/C12H12F3N5O4.C11H10F3N5O4/c1-6(2)24-10-8(12(13,14)15)4-7(20(22)23)5-9(10)19-11(21)18(3)16-17-19;1-5(2)23-9-7(11(12,13)14)3-6(19(21)22)4-8(9)18-10(20)15-16-17-18/h4-6H,1-3H3;3-5H,1-2H3,(H,15,17,20). The summed E-state index contributed by atoms with van der Waals surface area (Å²) >= 11 is 0. The maximum absolute atomic E-state index is 13.3. The first kappa shape index (κ1) is 35.6. The van der Waals surface area contributed by atoms with E-state index in [0.29, 0.717) is 21.5 Å². The normalized spacial score (nSPS) is 11.8. The molecule has 2 aromatic carbocycles. The van der Waals surface area contributed by atoms with Crippen LogP contribution >= 0.6 is 0 Å². The average Bonchev–Trinajstić information content (AvgIpc) is 3.51. The minimum atomic E-state index is -4.93. The molecule has 0 saturated carbocycles. The number of nitrogens with zero attached hydrogens (tertiary/aromatic N) is 9. The van der Waals surface area contributed by atoms with Gasteiger partial charge in [0.25, 0.3) is 11.4 Å². The van der Waals surface area contributed by atoms with Gasteiger partial charge >= 0.3 is 23.7 Å². The summed E-state index contributed by atoms with van der Waals surface area (Å²) in [5.41, 5.74) is -7.36. The molecule has 1 N–H and O–H groups in total. The molecule has 0 bridgehead atoms. The topological polar surface area (TPSA) is 221 Å². The first-order valence-corrected chi connectivity index (χ1v) is 12.8. The van der Waals surface area contributed by atoms with Crippen LogP contribution in [0.1, 0.15) is 38.8 Å². The first-order chi connectivity index (χ1) is 21.6. The predicted molar refractivity (Wildman–Crippen MR) is 143 cm³/mol. The minimum absolute atomic E-state index is 0.340. The van der Waals surface area contributed by atoms with E-state index in [1.54, 1.807) is 0 Å². The van der Waals surface area contributed by atoms with Crippen LogP contribution in [0.15, 0.2) is 33.9 Å². The van der Waals surface area contributed by atoms with E-state index >= 15 is 0 Å². The summed E-state index contributed by atoms with van der Waals surface area (Å²) in [5.74, 6) is -1.47. The molecule has 2 heterocycles. The van der Waals surface area contributed by atoms with Crippen LogP contribution in [-0.4, -0.2) is 62.1 Å². The number of nitro groups is 2. The predicted octanol–water partition coefficient (Wildman–Crippen LogP) is 3.35. The molecule has 0 aliphatic rings. The van der Waals surface area contributed by atoms with Crippen molar-refractivity contribution >= 4 is 11.4 Å². The number of nitrogens with one attached hydrogen (secondary N) is 1. The molecule has 2 aromatic heterocycles. The second-order valence-corrected chi connectivity index (χ2v) is 9.74. The summed E-state index contributed by atoms with van der Waals surface area (Å²) in [5, 5.41) is 37.0. The molecular weight excluding hydrogens is 658 g/mol. The van der Waals surface area contributed by atoms with Gasteiger partial charge in [-0.1, -0.05) is 0 Å². The molecule has 254 valence electrons. The number of aryl methyl sites for hydroxylation is 1. The Bertz CT molecular complexity index is 1910. The van der Waals surface area contributed by atoms with Gasteiger partial charge in [-0.2, -0.15) is 40.4 Å². The zero-order valence-electron chi connectivity index (χ0n) is 24.5. The van der Waals surface area contributed by atoms with Crippen molar-refractivity contribution in [2.24, 2.45) is 7.05 Å². The van der Waals surface area contributed by atoms with E-state index in [2.05, 4.69) is 20.9 Å². The number of nitro benzene ring substituents is 2. The molecule has 0 radical (unpaired) electrons. The van der Waals surface area contributed by atoms with Crippen LogP contribution in [0.5, 0.6) is 11.5 Å². The smallest absolute Gasteiger partial charge is 0.420 e. The SMILES string of the molecule is CC(C)Oc1c(-n2nn[nH]c2=O)cc([N+](=O)[O-])cc1C(F)(F)F.CC(C)Oc1c(-n2nnn(C)c2=O)cc([N+](=O)[O-])cc1C(F)(F)F. The highest BCUT2D eigenvalue weighted by Crippen LogP contribution is 2.43. The molecule has 0 spiro atoms. The molecule has 18 nitrogen and oxygen atoms in total. The summed E-state index contributed by atoms with van der Waals surface area (Å²) in [4.78, 5) is 43.4. The number of hydrogen-bond donors (Lipinski definition) is 1. The third-order valence-electron chi connectivity index (χ3n) is 5.50. The molecule has 0 amide bonds. The van der Waals surface area contributed by atoms with E-state index in [9.17, 15) is 56.2 Å². The van der Waals surface area contributed by atoms with Gasteiger partial charge < -0.3 is 9.47 Å². The van der Waals surface area contributed by atoms with Crippen molar-refractivity contribution in [1.29, 1.82) is 0 Å². The van der Waals surface area contributed by atoms with Crippen molar-refractivity contribution in [2.45, 2.75) is 52.3 Å². The third-order valence-corrected chi connectivity index (χ3v) is 5.50. The highest BCUT2D eigenvalue weighted by atomic mass is 19.4. The van der Waals surface area contributed by atoms with Crippen LogP contribution in [0.4, 0.5) is 37.7 Å². The Kier molecular flexibility index (Phi) is 10.1. The summed E-state index contributed by atoms with van der Waals surface area (Å²) in [6.07, 6.45) is -11.2. The lowest BCUT2D eigenvalue weighted by Crippen LogP contribution is -2.24. The van der Waals surface area contributed by atoms with E-state index in [-0.39, 0.29) is 0 Å². The minimum Gasteiger partial charge on any atom is -0.488 e. The molecule has 4 rings (SSSR count). The number of aromatic amines is 1. The van der Waals surface area contributed by atoms with Crippen LogP contribution in [0.2, 0.25) is 0 Å². The summed E-state index contributed by atoms with van der Waals surface area (Å²) in [6, 6.07) is 2.23. The lowest BCUT2D eigenvalue weighted by molar-refractivity contribution is -0.385. The fraction of sp³-hybridized carbons (Fsp3) is 0.391. The van der Waals surface area contributed by atoms with Crippen LogP contribution in [0.25, 0.3) is 11.4 Å². The number of alkyl halides is 6. The van der Waals surface area contributed by atoms with Crippen molar-refractivity contribution < 1.29 is 45.7 Å². The van der Waals surface area contributed by atoms with Crippen LogP contribution < -0.4 is 20.9 Å². The van der Waals surface area contributed by atoms with Crippen molar-refractivity contribution in [3.63, 3.8) is 0 Å². The first-order valence-electron chi connectivity index (χ1n) is 12.8. The fourth-order valence-electron chi connectivity index (χ4n) is 3.68. The van der Waals surface area contributed by atoms with Crippen molar-refractivity contribution in [3.8, 4) is 22.9 Å². The van der Waals surface area contributed by atoms with Gasteiger partial charge in [0.1, 0.15) is 22.5 Å². The quantitative estimate of drug-likeness (QED) is 0.161. The summed E-state index contributed by atoms with van der Waals surface area (Å²) < 4.78 is 91.7. The maximum atomic E-state index is 13.3. The van der Waals surface area contributed by atoms with Crippen molar-refractivity contribution in [2.75, 3.05) is 0 Å². The Morgan fingerprint density at radius 1 is 0.745 bits per heavy atom. The Labute approximate surface area is 256 Å². The van der Waals surface area contributed by atoms with Crippen LogP contribution in [0, 0.1) is 20.2 Å². The zero-order chi connectivity index (χ0) is 35.6. The third kappa shape index (κ3) is 8.06.